The number of aryl methyl sites for hydroxylation is 1. The molecule has 3 aromatic heterocycles. The summed E-state index contributed by atoms with van der Waals surface area (Å²) in [5.74, 6) is 0.427. The molecule has 0 aliphatic rings. The lowest BCUT2D eigenvalue weighted by Crippen LogP contribution is -2.14. The van der Waals surface area contributed by atoms with Crippen LogP contribution < -0.4 is 10.1 Å². The van der Waals surface area contributed by atoms with Crippen molar-refractivity contribution in [1.29, 1.82) is 0 Å². The molecule has 0 saturated carbocycles. The van der Waals surface area contributed by atoms with Crippen LogP contribution in [0.2, 0.25) is 0 Å². The SMILES string of the molecule is COCCOc1ccn2c(C(=O)Nc3cccc4c3c(C)nn4Cc3ccccc3)cnc2c1. The minimum atomic E-state index is -0.247. The quantitative estimate of drug-likeness (QED) is 0.353. The number of fused-ring (bicyclic) bond motifs is 2. The van der Waals surface area contributed by atoms with E-state index in [9.17, 15) is 4.79 Å². The van der Waals surface area contributed by atoms with Crippen molar-refractivity contribution in [2.45, 2.75) is 13.5 Å². The molecule has 172 valence electrons. The highest BCUT2D eigenvalue weighted by Crippen LogP contribution is 2.28. The van der Waals surface area contributed by atoms with E-state index in [1.807, 2.05) is 48.0 Å². The van der Waals surface area contributed by atoms with Crippen LogP contribution in [-0.4, -0.2) is 45.4 Å². The Morgan fingerprint density at radius 2 is 1.91 bits per heavy atom. The van der Waals surface area contributed by atoms with Gasteiger partial charge in [-0.25, -0.2) is 4.98 Å². The Balaban J connectivity index is 1.41. The summed E-state index contributed by atoms with van der Waals surface area (Å²) in [6.07, 6.45) is 3.35. The van der Waals surface area contributed by atoms with Crippen LogP contribution in [0, 0.1) is 6.92 Å². The van der Waals surface area contributed by atoms with Crippen molar-refractivity contribution in [2.75, 3.05) is 25.6 Å². The van der Waals surface area contributed by atoms with Gasteiger partial charge < -0.3 is 14.8 Å². The Bertz CT molecular complexity index is 1460. The van der Waals surface area contributed by atoms with E-state index in [1.54, 1.807) is 36.0 Å². The molecule has 3 heterocycles. The van der Waals surface area contributed by atoms with Crippen molar-refractivity contribution in [1.82, 2.24) is 19.2 Å². The van der Waals surface area contributed by atoms with Gasteiger partial charge in [0.1, 0.15) is 23.7 Å². The highest BCUT2D eigenvalue weighted by Gasteiger charge is 2.17. The zero-order chi connectivity index (χ0) is 23.5. The molecule has 0 unspecified atom stereocenters. The third kappa shape index (κ3) is 4.23. The van der Waals surface area contributed by atoms with Crippen molar-refractivity contribution >= 4 is 28.1 Å². The average Bonchev–Trinajstić information content (AvgIpc) is 3.41. The van der Waals surface area contributed by atoms with E-state index in [2.05, 4.69) is 22.4 Å². The monoisotopic (exact) mass is 455 g/mol. The summed E-state index contributed by atoms with van der Waals surface area (Å²) >= 11 is 0. The predicted octanol–water partition coefficient (Wildman–Crippen LogP) is 4.32. The van der Waals surface area contributed by atoms with E-state index in [-0.39, 0.29) is 5.91 Å². The second-order valence-corrected chi connectivity index (χ2v) is 7.96. The number of ether oxygens (including phenoxy) is 2. The molecule has 8 nitrogen and oxygen atoms in total. The number of benzene rings is 2. The van der Waals surface area contributed by atoms with E-state index < -0.39 is 0 Å². The maximum atomic E-state index is 13.2. The second-order valence-electron chi connectivity index (χ2n) is 7.96. The first-order valence-electron chi connectivity index (χ1n) is 11.0. The van der Waals surface area contributed by atoms with Crippen LogP contribution >= 0.6 is 0 Å². The van der Waals surface area contributed by atoms with Crippen LogP contribution in [0.15, 0.2) is 73.1 Å². The van der Waals surface area contributed by atoms with Crippen LogP contribution in [0.4, 0.5) is 5.69 Å². The van der Waals surface area contributed by atoms with Gasteiger partial charge in [0.2, 0.25) is 0 Å². The Morgan fingerprint density at radius 3 is 2.74 bits per heavy atom. The van der Waals surface area contributed by atoms with Gasteiger partial charge in [0.05, 0.1) is 36.2 Å². The molecule has 0 radical (unpaired) electrons. The number of carbonyl (C=O) groups is 1. The molecular formula is C26H25N5O3. The third-order valence-electron chi connectivity index (χ3n) is 5.65. The highest BCUT2D eigenvalue weighted by atomic mass is 16.5. The highest BCUT2D eigenvalue weighted by molar-refractivity contribution is 6.08. The van der Waals surface area contributed by atoms with Crippen molar-refractivity contribution < 1.29 is 14.3 Å². The summed E-state index contributed by atoms with van der Waals surface area (Å²) in [6.45, 7) is 3.56. The maximum absolute atomic E-state index is 13.2. The molecule has 1 N–H and O–H groups in total. The third-order valence-corrected chi connectivity index (χ3v) is 5.65. The molecule has 5 rings (SSSR count). The normalized spacial score (nSPS) is 11.2. The Labute approximate surface area is 196 Å². The Kier molecular flexibility index (Phi) is 5.97. The molecule has 5 aromatic rings. The average molecular weight is 456 g/mol. The van der Waals surface area contributed by atoms with E-state index in [4.69, 9.17) is 14.6 Å². The number of methoxy groups -OCH3 is 1. The molecule has 0 atom stereocenters. The van der Waals surface area contributed by atoms with Crippen molar-refractivity contribution in [3.63, 3.8) is 0 Å². The molecule has 0 saturated heterocycles. The number of amides is 1. The smallest absolute Gasteiger partial charge is 0.274 e. The van der Waals surface area contributed by atoms with Crippen LogP contribution in [0.1, 0.15) is 21.7 Å². The van der Waals surface area contributed by atoms with Gasteiger partial charge in [-0.2, -0.15) is 5.10 Å². The number of hydrogen-bond acceptors (Lipinski definition) is 5. The minimum Gasteiger partial charge on any atom is -0.491 e. The molecule has 8 heteroatoms. The first-order valence-corrected chi connectivity index (χ1v) is 11.0. The second kappa shape index (κ2) is 9.36. The summed E-state index contributed by atoms with van der Waals surface area (Å²) in [5, 5.41) is 8.71. The van der Waals surface area contributed by atoms with E-state index >= 15 is 0 Å². The summed E-state index contributed by atoms with van der Waals surface area (Å²) < 4.78 is 14.4. The van der Waals surface area contributed by atoms with Gasteiger partial charge >= 0.3 is 0 Å². The maximum Gasteiger partial charge on any atom is 0.274 e. The van der Waals surface area contributed by atoms with Crippen molar-refractivity contribution in [2.24, 2.45) is 0 Å². The van der Waals surface area contributed by atoms with E-state index in [0.717, 1.165) is 22.2 Å². The fraction of sp³-hybridized carbons (Fsp3) is 0.192. The summed E-state index contributed by atoms with van der Waals surface area (Å²) in [5.41, 5.74) is 4.77. The largest absolute Gasteiger partial charge is 0.491 e. The lowest BCUT2D eigenvalue weighted by molar-refractivity contribution is 0.102. The van der Waals surface area contributed by atoms with Gasteiger partial charge in [0, 0.05) is 24.8 Å². The molecule has 0 bridgehead atoms. The fourth-order valence-corrected chi connectivity index (χ4v) is 4.05. The number of anilines is 1. The number of hydrogen-bond donors (Lipinski definition) is 1. The van der Waals surface area contributed by atoms with Gasteiger partial charge in [-0.05, 0) is 30.7 Å². The minimum absolute atomic E-state index is 0.247. The number of pyridine rings is 1. The molecule has 0 aliphatic carbocycles. The number of nitrogens with zero attached hydrogens (tertiary/aromatic N) is 4. The topological polar surface area (TPSA) is 82.7 Å². The molecule has 34 heavy (non-hydrogen) atoms. The van der Waals surface area contributed by atoms with Gasteiger partial charge in [-0.1, -0.05) is 36.4 Å². The Morgan fingerprint density at radius 1 is 1.06 bits per heavy atom. The van der Waals surface area contributed by atoms with Crippen LogP contribution in [0.25, 0.3) is 16.6 Å². The first-order chi connectivity index (χ1) is 16.6. The van der Waals surface area contributed by atoms with Crippen LogP contribution in [0.5, 0.6) is 5.75 Å². The van der Waals surface area contributed by atoms with E-state index in [1.165, 1.54) is 0 Å². The number of imidazole rings is 1. The summed E-state index contributed by atoms with van der Waals surface area (Å²) in [4.78, 5) is 17.6. The fourth-order valence-electron chi connectivity index (χ4n) is 4.05. The standard InChI is InChI=1S/C26H25N5O3/c1-18-25-21(9-6-10-22(25)31(29-18)17-19-7-4-3-5-8-19)28-26(32)23-16-27-24-15-20(11-12-30(23)24)34-14-13-33-2/h3-12,15-16H,13-14,17H2,1-2H3,(H,28,32). The van der Waals surface area contributed by atoms with Crippen LogP contribution in [0.3, 0.4) is 0 Å². The van der Waals surface area contributed by atoms with Crippen molar-refractivity contribution in [3.05, 3.63) is 90.0 Å². The van der Waals surface area contributed by atoms with Crippen LogP contribution in [-0.2, 0) is 11.3 Å². The zero-order valence-electron chi connectivity index (χ0n) is 19.1. The lowest BCUT2D eigenvalue weighted by atomic mass is 10.1. The van der Waals surface area contributed by atoms with E-state index in [0.29, 0.717) is 42.5 Å². The molecule has 1 amide bonds. The molecule has 0 spiro atoms. The molecule has 0 aliphatic heterocycles. The van der Waals surface area contributed by atoms with Gasteiger partial charge in [-0.3, -0.25) is 13.9 Å². The number of rotatable bonds is 8. The van der Waals surface area contributed by atoms with Gasteiger partial charge in [0.25, 0.3) is 5.91 Å². The summed E-state index contributed by atoms with van der Waals surface area (Å²) in [6, 6.07) is 19.6. The number of aromatic nitrogens is 4. The van der Waals surface area contributed by atoms with Gasteiger partial charge in [0.15, 0.2) is 0 Å². The predicted molar refractivity (Wildman–Crippen MR) is 131 cm³/mol. The van der Waals surface area contributed by atoms with Crippen molar-refractivity contribution in [3.8, 4) is 5.75 Å². The first kappa shape index (κ1) is 21.7. The Hall–Kier alpha value is -4.17. The molecule has 2 aromatic carbocycles. The molecular weight excluding hydrogens is 430 g/mol. The number of carbonyl (C=O) groups excluding carboxylic acids is 1. The number of nitrogens with one attached hydrogen (secondary N) is 1. The lowest BCUT2D eigenvalue weighted by Gasteiger charge is -2.09. The van der Waals surface area contributed by atoms with Gasteiger partial charge in [-0.15, -0.1) is 0 Å². The molecule has 0 fully saturated rings. The zero-order valence-corrected chi connectivity index (χ0v) is 19.1. The summed E-state index contributed by atoms with van der Waals surface area (Å²) in [7, 11) is 1.63.